The smallest absolute Gasteiger partial charge is 0.320 e. The maximum atomic E-state index is 12.7. The number of nitrogens with zero attached hydrogens (tertiary/aromatic N) is 1. The minimum Gasteiger partial charge on any atom is -0.459 e. The molecule has 1 fully saturated rings. The van der Waals surface area contributed by atoms with Crippen LogP contribution in [0.1, 0.15) is 89.0 Å². The van der Waals surface area contributed by atoms with Crippen molar-refractivity contribution in [2.45, 2.75) is 119 Å². The number of ether oxygens (including phenoxy) is 2. The first-order chi connectivity index (χ1) is 13.0. The van der Waals surface area contributed by atoms with Crippen molar-refractivity contribution in [3.63, 3.8) is 0 Å². The maximum Gasteiger partial charge on any atom is 0.320 e. The monoisotopic (exact) mass is 412 g/mol. The van der Waals surface area contributed by atoms with Gasteiger partial charge in [-0.2, -0.15) is 0 Å². The quantitative estimate of drug-likeness (QED) is 0.396. The van der Waals surface area contributed by atoms with Gasteiger partial charge in [0.2, 0.25) is 0 Å². The third kappa shape index (κ3) is 10.8. The molecular weight excluding hydrogens is 364 g/mol. The SMILES string of the molecule is CC(C)OCCN(CC(=O)OC(C)(C)C)C(CC(C)(C)C)CC(C)(C)C1NC1C. The minimum absolute atomic E-state index is 0.156. The van der Waals surface area contributed by atoms with Crippen LogP contribution in [-0.2, 0) is 14.3 Å². The molecule has 1 saturated heterocycles. The van der Waals surface area contributed by atoms with Gasteiger partial charge in [0.25, 0.3) is 0 Å². The molecule has 0 amide bonds. The number of carbonyl (C=O) groups is 1. The van der Waals surface area contributed by atoms with Gasteiger partial charge in [-0.15, -0.1) is 0 Å². The van der Waals surface area contributed by atoms with Crippen molar-refractivity contribution in [1.82, 2.24) is 10.2 Å². The lowest BCUT2D eigenvalue weighted by atomic mass is 9.76. The van der Waals surface area contributed by atoms with Gasteiger partial charge in [-0.05, 0) is 65.2 Å². The van der Waals surface area contributed by atoms with E-state index in [1.54, 1.807) is 0 Å². The van der Waals surface area contributed by atoms with Crippen molar-refractivity contribution in [2.24, 2.45) is 10.8 Å². The van der Waals surface area contributed by atoms with Crippen LogP contribution in [0.3, 0.4) is 0 Å². The van der Waals surface area contributed by atoms with Crippen LogP contribution in [0.5, 0.6) is 0 Å². The predicted octanol–water partition coefficient (Wildman–Crippen LogP) is 4.64. The van der Waals surface area contributed by atoms with Crippen LogP contribution in [0.25, 0.3) is 0 Å². The summed E-state index contributed by atoms with van der Waals surface area (Å²) in [6.45, 7) is 25.3. The summed E-state index contributed by atoms with van der Waals surface area (Å²) in [6, 6.07) is 1.41. The van der Waals surface area contributed by atoms with E-state index in [-0.39, 0.29) is 22.9 Å². The van der Waals surface area contributed by atoms with E-state index in [1.807, 2.05) is 34.6 Å². The molecule has 0 spiro atoms. The number of hydrogen-bond donors (Lipinski definition) is 1. The first-order valence-corrected chi connectivity index (χ1v) is 11.3. The molecule has 5 heteroatoms. The summed E-state index contributed by atoms with van der Waals surface area (Å²) in [4.78, 5) is 15.0. The Kier molecular flexibility index (Phi) is 9.19. The zero-order valence-corrected chi connectivity index (χ0v) is 21.0. The second kappa shape index (κ2) is 10.1. The van der Waals surface area contributed by atoms with E-state index in [1.165, 1.54) is 0 Å². The Balaban J connectivity index is 2.99. The molecule has 0 saturated carbocycles. The Morgan fingerprint density at radius 3 is 2.00 bits per heavy atom. The van der Waals surface area contributed by atoms with Gasteiger partial charge >= 0.3 is 5.97 Å². The highest BCUT2D eigenvalue weighted by Gasteiger charge is 2.46. The van der Waals surface area contributed by atoms with Gasteiger partial charge in [0.15, 0.2) is 0 Å². The molecule has 0 aromatic carbocycles. The van der Waals surface area contributed by atoms with Crippen LogP contribution in [0.4, 0.5) is 0 Å². The fraction of sp³-hybridized carbons (Fsp3) is 0.958. The lowest BCUT2D eigenvalue weighted by molar-refractivity contribution is -0.157. The number of esters is 1. The third-order valence-corrected chi connectivity index (χ3v) is 5.38. The summed E-state index contributed by atoms with van der Waals surface area (Å²) in [5.74, 6) is -0.156. The number of carbonyl (C=O) groups excluding carboxylic acids is 1. The zero-order chi connectivity index (χ0) is 22.6. The lowest BCUT2D eigenvalue weighted by Crippen LogP contribution is -2.47. The van der Waals surface area contributed by atoms with Gasteiger partial charge in [-0.3, -0.25) is 9.69 Å². The molecule has 1 aliphatic rings. The topological polar surface area (TPSA) is 60.7 Å². The number of hydrogen-bond acceptors (Lipinski definition) is 5. The summed E-state index contributed by atoms with van der Waals surface area (Å²) >= 11 is 0. The molecule has 5 nitrogen and oxygen atoms in total. The van der Waals surface area contributed by atoms with Gasteiger partial charge < -0.3 is 14.8 Å². The second-order valence-electron chi connectivity index (χ2n) is 12.0. The van der Waals surface area contributed by atoms with E-state index < -0.39 is 5.60 Å². The Morgan fingerprint density at radius 2 is 1.59 bits per heavy atom. The van der Waals surface area contributed by atoms with Gasteiger partial charge in [-0.25, -0.2) is 0 Å². The molecule has 1 rings (SSSR count). The molecule has 1 N–H and O–H groups in total. The summed E-state index contributed by atoms with van der Waals surface area (Å²) in [5, 5.41) is 3.57. The van der Waals surface area contributed by atoms with Crippen LogP contribution < -0.4 is 5.32 Å². The highest BCUT2D eigenvalue weighted by molar-refractivity contribution is 5.72. The molecule has 3 atom stereocenters. The van der Waals surface area contributed by atoms with Crippen LogP contribution in [0.2, 0.25) is 0 Å². The molecule has 0 radical (unpaired) electrons. The van der Waals surface area contributed by atoms with Crippen molar-refractivity contribution in [1.29, 1.82) is 0 Å². The van der Waals surface area contributed by atoms with Crippen molar-refractivity contribution in [2.75, 3.05) is 19.7 Å². The first-order valence-electron chi connectivity index (χ1n) is 11.3. The fourth-order valence-electron chi connectivity index (χ4n) is 4.24. The number of rotatable bonds is 11. The van der Waals surface area contributed by atoms with Gasteiger partial charge in [0, 0.05) is 24.7 Å². The first kappa shape index (κ1) is 26.4. The van der Waals surface area contributed by atoms with Crippen molar-refractivity contribution in [3.05, 3.63) is 0 Å². The highest BCUT2D eigenvalue weighted by atomic mass is 16.6. The molecule has 29 heavy (non-hydrogen) atoms. The number of nitrogens with one attached hydrogen (secondary N) is 1. The van der Waals surface area contributed by atoms with Crippen LogP contribution in [0, 0.1) is 10.8 Å². The molecule has 0 aliphatic carbocycles. The van der Waals surface area contributed by atoms with E-state index in [2.05, 4.69) is 51.8 Å². The molecule has 3 unspecified atom stereocenters. The second-order valence-corrected chi connectivity index (χ2v) is 12.0. The van der Waals surface area contributed by atoms with Crippen molar-refractivity contribution >= 4 is 5.97 Å². The van der Waals surface area contributed by atoms with Crippen molar-refractivity contribution in [3.8, 4) is 0 Å². The van der Waals surface area contributed by atoms with E-state index in [4.69, 9.17) is 9.47 Å². The summed E-state index contributed by atoms with van der Waals surface area (Å²) in [5.41, 5.74) is -0.127. The van der Waals surface area contributed by atoms with Gasteiger partial charge in [-0.1, -0.05) is 34.6 Å². The average molecular weight is 413 g/mol. The Hall–Kier alpha value is -0.650. The zero-order valence-electron chi connectivity index (χ0n) is 21.0. The normalized spacial score (nSPS) is 21.6. The standard InChI is InChI=1S/C24H48N2O3/c1-17(2)28-13-12-26(16-20(27)29-23(7,8)9)19(14-22(4,5)6)15-24(10,11)21-18(3)25-21/h17-19,21,25H,12-16H2,1-11H3. The predicted molar refractivity (Wildman–Crippen MR) is 121 cm³/mol. The summed E-state index contributed by atoms with van der Waals surface area (Å²) < 4.78 is 11.5. The van der Waals surface area contributed by atoms with Gasteiger partial charge in [0.1, 0.15) is 5.60 Å². The largest absolute Gasteiger partial charge is 0.459 e. The summed E-state index contributed by atoms with van der Waals surface area (Å²) in [7, 11) is 0. The van der Waals surface area contributed by atoms with E-state index in [9.17, 15) is 4.79 Å². The summed E-state index contributed by atoms with van der Waals surface area (Å²) in [6.07, 6.45) is 2.26. The van der Waals surface area contributed by atoms with E-state index >= 15 is 0 Å². The van der Waals surface area contributed by atoms with Crippen LogP contribution >= 0.6 is 0 Å². The molecule has 172 valence electrons. The van der Waals surface area contributed by atoms with E-state index in [0.717, 1.165) is 19.4 Å². The Morgan fingerprint density at radius 1 is 1.03 bits per heavy atom. The lowest BCUT2D eigenvalue weighted by Gasteiger charge is -2.40. The molecule has 1 aliphatic heterocycles. The highest BCUT2D eigenvalue weighted by Crippen LogP contribution is 2.39. The minimum atomic E-state index is -0.469. The third-order valence-electron chi connectivity index (χ3n) is 5.38. The van der Waals surface area contributed by atoms with E-state index in [0.29, 0.717) is 31.3 Å². The van der Waals surface area contributed by atoms with Crippen molar-refractivity contribution < 1.29 is 14.3 Å². The molecular formula is C24H48N2O3. The van der Waals surface area contributed by atoms with Crippen LogP contribution in [-0.4, -0.2) is 60.4 Å². The Bertz CT molecular complexity index is 517. The fourth-order valence-corrected chi connectivity index (χ4v) is 4.24. The average Bonchev–Trinajstić information content (AvgIpc) is 3.19. The molecule has 0 bridgehead atoms. The molecule has 0 aromatic heterocycles. The van der Waals surface area contributed by atoms with Gasteiger partial charge in [0.05, 0.1) is 19.3 Å². The Labute approximate surface area is 180 Å². The molecule has 1 heterocycles. The maximum absolute atomic E-state index is 12.7. The molecule has 0 aromatic rings. The van der Waals surface area contributed by atoms with Crippen LogP contribution in [0.15, 0.2) is 0 Å².